The van der Waals surface area contributed by atoms with Crippen molar-refractivity contribution in [2.24, 2.45) is 27.6 Å². The zero-order valence-corrected chi connectivity index (χ0v) is 12.9. The zero-order valence-electron chi connectivity index (χ0n) is 12.0. The lowest BCUT2D eigenvalue weighted by atomic mass is 9.77. The van der Waals surface area contributed by atoms with Gasteiger partial charge in [0.2, 0.25) is 5.96 Å². The van der Waals surface area contributed by atoms with Crippen molar-refractivity contribution in [1.29, 1.82) is 0 Å². The summed E-state index contributed by atoms with van der Waals surface area (Å²) in [4.78, 5) is 2.66. The van der Waals surface area contributed by atoms with Crippen molar-refractivity contribution in [3.8, 4) is 0 Å². The molecule has 0 amide bonds. The maximum absolute atomic E-state index is 5.61. The molecule has 110 valence electrons. The molecule has 1 aliphatic rings. The van der Waals surface area contributed by atoms with Crippen LogP contribution in [0.5, 0.6) is 0 Å². The molecule has 0 bridgehead atoms. The average Bonchev–Trinajstić information content (AvgIpc) is 3.05. The number of nitrogens with two attached hydrogens (primary N) is 2. The van der Waals surface area contributed by atoms with Crippen molar-refractivity contribution in [1.82, 2.24) is 0 Å². The maximum Gasteiger partial charge on any atom is 0.211 e. The van der Waals surface area contributed by atoms with Crippen LogP contribution < -0.4 is 11.5 Å². The van der Waals surface area contributed by atoms with E-state index in [9.17, 15) is 0 Å². The fourth-order valence-electron chi connectivity index (χ4n) is 2.80. The summed E-state index contributed by atoms with van der Waals surface area (Å²) in [6, 6.07) is 6.27. The van der Waals surface area contributed by atoms with E-state index in [1.807, 2.05) is 17.4 Å². The number of rotatable bonds is 2. The van der Waals surface area contributed by atoms with Crippen LogP contribution in [0.2, 0.25) is 0 Å². The Morgan fingerprint density at radius 3 is 2.81 bits per heavy atom. The Hall–Kier alpha value is -2.08. The summed E-state index contributed by atoms with van der Waals surface area (Å²) in [6.45, 7) is 4.28. The van der Waals surface area contributed by atoms with E-state index in [2.05, 4.69) is 36.2 Å². The Balaban J connectivity index is 2.04. The first-order valence-corrected chi connectivity index (χ1v) is 7.67. The van der Waals surface area contributed by atoms with Gasteiger partial charge in [-0.1, -0.05) is 6.92 Å². The highest BCUT2D eigenvalue weighted by molar-refractivity contribution is 7.12. The van der Waals surface area contributed by atoms with Crippen molar-refractivity contribution in [3.63, 3.8) is 0 Å². The minimum absolute atomic E-state index is 0.0335. The van der Waals surface area contributed by atoms with Crippen molar-refractivity contribution in [2.45, 2.75) is 26.2 Å². The first-order chi connectivity index (χ1) is 10.1. The van der Waals surface area contributed by atoms with Crippen LogP contribution in [0.25, 0.3) is 0 Å². The molecule has 2 heterocycles. The Bertz CT molecular complexity index is 709. The van der Waals surface area contributed by atoms with Crippen molar-refractivity contribution >= 4 is 23.0 Å². The number of aryl methyl sites for hydroxylation is 1. The summed E-state index contributed by atoms with van der Waals surface area (Å²) >= 11 is 1.82. The maximum atomic E-state index is 5.61. The van der Waals surface area contributed by atoms with E-state index in [0.717, 1.165) is 23.5 Å². The lowest BCUT2D eigenvalue weighted by Gasteiger charge is -2.28. The lowest BCUT2D eigenvalue weighted by Crippen LogP contribution is -2.28. The average molecular weight is 302 g/mol. The molecule has 0 saturated carbocycles. The Kier molecular flexibility index (Phi) is 3.55. The van der Waals surface area contributed by atoms with Crippen LogP contribution in [0.3, 0.4) is 0 Å². The number of hydrogen-bond acceptors (Lipinski definition) is 4. The molecule has 0 radical (unpaired) electrons. The van der Waals surface area contributed by atoms with E-state index in [1.54, 1.807) is 6.26 Å². The van der Waals surface area contributed by atoms with Crippen LogP contribution in [-0.2, 0) is 6.42 Å². The van der Waals surface area contributed by atoms with Crippen LogP contribution >= 0.6 is 11.3 Å². The second-order valence-electron chi connectivity index (χ2n) is 5.32. The van der Waals surface area contributed by atoms with Gasteiger partial charge in [-0.3, -0.25) is 0 Å². The van der Waals surface area contributed by atoms with E-state index in [-0.39, 0.29) is 11.9 Å². The molecule has 0 fully saturated rings. The summed E-state index contributed by atoms with van der Waals surface area (Å²) < 4.78 is 5.61. The molecular formula is C15H18N4OS. The third kappa shape index (κ3) is 2.58. The van der Waals surface area contributed by atoms with Crippen molar-refractivity contribution in [3.05, 3.63) is 45.5 Å². The summed E-state index contributed by atoms with van der Waals surface area (Å²) in [5.41, 5.74) is 12.7. The van der Waals surface area contributed by atoms with Gasteiger partial charge in [0, 0.05) is 33.6 Å². The fourth-order valence-corrected chi connectivity index (χ4v) is 3.88. The molecule has 0 saturated heterocycles. The molecule has 2 aromatic heterocycles. The lowest BCUT2D eigenvalue weighted by molar-refractivity contribution is 0.452. The monoisotopic (exact) mass is 302 g/mol. The SMILES string of the molecule is Cc1ccc(C2Cc3occc3C(=NN=C(N)N)C2C)s1. The predicted molar refractivity (Wildman–Crippen MR) is 85.7 cm³/mol. The van der Waals surface area contributed by atoms with Gasteiger partial charge in [-0.05, 0) is 25.1 Å². The van der Waals surface area contributed by atoms with Crippen LogP contribution in [0, 0.1) is 12.8 Å². The Labute approximate surface area is 127 Å². The Morgan fingerprint density at radius 2 is 2.14 bits per heavy atom. The third-order valence-corrected chi connectivity index (χ3v) is 4.99. The number of fused-ring (bicyclic) bond motifs is 1. The highest BCUT2D eigenvalue weighted by atomic mass is 32.1. The number of guanidine groups is 1. The molecule has 2 unspecified atom stereocenters. The number of thiophene rings is 1. The molecule has 3 rings (SSSR count). The zero-order chi connectivity index (χ0) is 15.0. The second-order valence-corrected chi connectivity index (χ2v) is 6.63. The molecule has 21 heavy (non-hydrogen) atoms. The normalized spacial score (nSPS) is 23.0. The molecule has 1 aliphatic carbocycles. The molecule has 0 aliphatic heterocycles. The first kappa shape index (κ1) is 13.9. The molecule has 4 N–H and O–H groups in total. The van der Waals surface area contributed by atoms with Gasteiger partial charge >= 0.3 is 0 Å². The van der Waals surface area contributed by atoms with Gasteiger partial charge in [0.15, 0.2) is 0 Å². The van der Waals surface area contributed by atoms with Crippen LogP contribution in [-0.4, -0.2) is 11.7 Å². The molecular weight excluding hydrogens is 284 g/mol. The van der Waals surface area contributed by atoms with Gasteiger partial charge < -0.3 is 15.9 Å². The Morgan fingerprint density at radius 1 is 1.33 bits per heavy atom. The fraction of sp³-hybridized carbons (Fsp3) is 0.333. The van der Waals surface area contributed by atoms with Gasteiger partial charge in [0.25, 0.3) is 0 Å². The highest BCUT2D eigenvalue weighted by Crippen LogP contribution is 2.40. The van der Waals surface area contributed by atoms with Gasteiger partial charge in [0.05, 0.1) is 12.0 Å². The summed E-state index contributed by atoms with van der Waals surface area (Å²) in [5, 5.41) is 8.09. The van der Waals surface area contributed by atoms with Crippen LogP contribution in [0.4, 0.5) is 0 Å². The van der Waals surface area contributed by atoms with E-state index in [4.69, 9.17) is 15.9 Å². The van der Waals surface area contributed by atoms with Crippen LogP contribution in [0.1, 0.15) is 33.9 Å². The number of hydrogen-bond donors (Lipinski definition) is 2. The predicted octanol–water partition coefficient (Wildman–Crippen LogP) is 2.60. The van der Waals surface area contributed by atoms with Gasteiger partial charge in [-0.2, -0.15) is 5.10 Å². The van der Waals surface area contributed by atoms with Gasteiger partial charge in [0.1, 0.15) is 5.76 Å². The minimum atomic E-state index is -0.0335. The summed E-state index contributed by atoms with van der Waals surface area (Å²) in [6.07, 6.45) is 2.58. The standard InChI is InChI=1S/C15H18N4OS/c1-8-3-4-13(21-8)11-7-12-10(5-6-20-12)14(9(11)2)18-19-15(16)17/h3-6,9,11H,7H2,1-2H3,(H4,16,17,19). The van der Waals surface area contributed by atoms with Crippen molar-refractivity contribution < 1.29 is 4.42 Å². The number of furan rings is 1. The van der Waals surface area contributed by atoms with Gasteiger partial charge in [-0.15, -0.1) is 16.4 Å². The molecule has 0 aromatic carbocycles. The minimum Gasteiger partial charge on any atom is -0.469 e. The molecule has 2 aromatic rings. The third-order valence-electron chi connectivity index (χ3n) is 3.86. The quantitative estimate of drug-likeness (QED) is 0.507. The van der Waals surface area contributed by atoms with Crippen molar-refractivity contribution in [2.75, 3.05) is 0 Å². The largest absolute Gasteiger partial charge is 0.469 e. The molecule has 0 spiro atoms. The smallest absolute Gasteiger partial charge is 0.211 e. The summed E-state index contributed by atoms with van der Waals surface area (Å²) in [5.74, 6) is 1.49. The van der Waals surface area contributed by atoms with E-state index in [0.29, 0.717) is 5.92 Å². The van der Waals surface area contributed by atoms with Crippen LogP contribution in [0.15, 0.2) is 39.1 Å². The first-order valence-electron chi connectivity index (χ1n) is 6.86. The van der Waals surface area contributed by atoms with E-state index < -0.39 is 0 Å². The molecule has 5 nitrogen and oxygen atoms in total. The topological polar surface area (TPSA) is 89.9 Å². The number of nitrogens with zero attached hydrogens (tertiary/aromatic N) is 2. The highest BCUT2D eigenvalue weighted by Gasteiger charge is 2.34. The molecule has 6 heteroatoms. The second kappa shape index (κ2) is 5.37. The van der Waals surface area contributed by atoms with Gasteiger partial charge in [-0.25, -0.2) is 0 Å². The summed E-state index contributed by atoms with van der Waals surface area (Å²) in [7, 11) is 0. The van der Waals surface area contributed by atoms with E-state index >= 15 is 0 Å². The molecule has 2 atom stereocenters. The van der Waals surface area contributed by atoms with E-state index in [1.165, 1.54) is 9.75 Å².